The minimum Gasteiger partial charge on any atom is -0.468 e. The lowest BCUT2D eigenvalue weighted by molar-refractivity contribution is -0.140. The van der Waals surface area contributed by atoms with Gasteiger partial charge in [-0.15, -0.1) is 4.98 Å². The van der Waals surface area contributed by atoms with Crippen LogP contribution in [0.25, 0.3) is 0 Å². The van der Waals surface area contributed by atoms with Crippen LogP contribution < -0.4 is 14.2 Å². The summed E-state index contributed by atoms with van der Waals surface area (Å²) in [4.78, 5) is 22.9. The minimum atomic E-state index is -4.12. The topological polar surface area (TPSA) is 130 Å². The summed E-state index contributed by atoms with van der Waals surface area (Å²) in [7, 11) is -0.403. The Morgan fingerprint density at radius 1 is 1.05 bits per heavy atom. The summed E-state index contributed by atoms with van der Waals surface area (Å²) < 4.78 is 41.0. The molecular formula is C11H18N4O6S. The second-order valence-electron chi connectivity index (χ2n) is 4.47. The van der Waals surface area contributed by atoms with Crippen molar-refractivity contribution in [1.29, 1.82) is 0 Å². The largest absolute Gasteiger partial charge is 0.468 e. The maximum absolute atomic E-state index is 12.3. The van der Waals surface area contributed by atoms with Gasteiger partial charge in [0.15, 0.2) is 5.25 Å². The number of hydrogen-bond donors (Lipinski definition) is 1. The average Bonchev–Trinajstić information content (AvgIpc) is 2.45. The molecule has 1 rings (SSSR count). The third-order valence-corrected chi connectivity index (χ3v) is 4.44. The van der Waals surface area contributed by atoms with Gasteiger partial charge < -0.3 is 14.2 Å². The van der Waals surface area contributed by atoms with E-state index in [1.807, 2.05) is 0 Å². The molecule has 10 nitrogen and oxygen atoms in total. The fourth-order valence-electron chi connectivity index (χ4n) is 1.63. The summed E-state index contributed by atoms with van der Waals surface area (Å²) in [5.74, 6) is -1.72. The molecule has 0 amide bonds. The van der Waals surface area contributed by atoms with Crippen LogP contribution >= 0.6 is 0 Å². The highest BCUT2D eigenvalue weighted by Crippen LogP contribution is 2.18. The molecule has 1 unspecified atom stereocenters. The average molecular weight is 334 g/mol. The lowest BCUT2D eigenvalue weighted by Crippen LogP contribution is -2.40. The van der Waals surface area contributed by atoms with Gasteiger partial charge in [0, 0.05) is 0 Å². The molecule has 1 atom stereocenters. The molecule has 0 aromatic carbocycles. The molecule has 1 N–H and O–H groups in total. The summed E-state index contributed by atoms with van der Waals surface area (Å²) in [6.45, 7) is 3.16. The van der Waals surface area contributed by atoms with Crippen LogP contribution in [0, 0.1) is 5.92 Å². The SMILES string of the molecule is COC(=O)C(C(C)C)S(=O)(=O)Nc1nc(OC)nc(OC)n1. The van der Waals surface area contributed by atoms with Crippen molar-refractivity contribution < 1.29 is 27.4 Å². The van der Waals surface area contributed by atoms with E-state index in [9.17, 15) is 13.2 Å². The van der Waals surface area contributed by atoms with E-state index in [-0.39, 0.29) is 18.0 Å². The summed E-state index contributed by atoms with van der Waals surface area (Å²) in [6, 6.07) is -0.271. The molecule has 0 fully saturated rings. The number of carbonyl (C=O) groups is 1. The first-order valence-electron chi connectivity index (χ1n) is 6.18. The highest BCUT2D eigenvalue weighted by Gasteiger charge is 2.37. The second kappa shape index (κ2) is 7.20. The monoisotopic (exact) mass is 334 g/mol. The van der Waals surface area contributed by atoms with Crippen molar-refractivity contribution in [3.63, 3.8) is 0 Å². The number of anilines is 1. The van der Waals surface area contributed by atoms with Gasteiger partial charge in [-0.25, -0.2) is 8.42 Å². The van der Waals surface area contributed by atoms with Gasteiger partial charge in [0.2, 0.25) is 16.0 Å². The zero-order valence-corrected chi connectivity index (χ0v) is 13.7. The van der Waals surface area contributed by atoms with Crippen molar-refractivity contribution in [3.05, 3.63) is 0 Å². The predicted octanol–water partition coefficient (Wildman–Crippen LogP) is -0.172. The lowest BCUT2D eigenvalue weighted by Gasteiger charge is -2.19. The molecule has 124 valence electrons. The zero-order chi connectivity index (χ0) is 16.9. The molecule has 1 aromatic rings. The second-order valence-corrected chi connectivity index (χ2v) is 6.27. The fraction of sp³-hybridized carbons (Fsp3) is 0.636. The van der Waals surface area contributed by atoms with Gasteiger partial charge in [-0.1, -0.05) is 13.8 Å². The molecule has 0 spiro atoms. The first-order chi connectivity index (χ1) is 10.2. The van der Waals surface area contributed by atoms with Crippen molar-refractivity contribution in [2.24, 2.45) is 5.92 Å². The van der Waals surface area contributed by atoms with Gasteiger partial charge >= 0.3 is 18.0 Å². The van der Waals surface area contributed by atoms with E-state index in [0.29, 0.717) is 0 Å². The lowest BCUT2D eigenvalue weighted by atomic mass is 10.1. The first-order valence-corrected chi connectivity index (χ1v) is 7.73. The van der Waals surface area contributed by atoms with Crippen molar-refractivity contribution in [3.8, 4) is 12.0 Å². The highest BCUT2D eigenvalue weighted by molar-refractivity contribution is 7.94. The zero-order valence-electron chi connectivity index (χ0n) is 12.9. The van der Waals surface area contributed by atoms with E-state index < -0.39 is 27.2 Å². The Hall–Kier alpha value is -2.17. The van der Waals surface area contributed by atoms with Gasteiger partial charge in [-0.3, -0.25) is 9.52 Å². The molecule has 0 aliphatic carbocycles. The Morgan fingerprint density at radius 2 is 1.55 bits per heavy atom. The summed E-state index contributed by atoms with van der Waals surface area (Å²) in [6.07, 6.45) is 0. The molecule has 0 aliphatic heterocycles. The molecule has 1 aromatic heterocycles. The van der Waals surface area contributed by atoms with Crippen LogP contribution in [0.4, 0.5) is 5.95 Å². The summed E-state index contributed by atoms with van der Waals surface area (Å²) >= 11 is 0. The van der Waals surface area contributed by atoms with E-state index >= 15 is 0 Å². The molecule has 1 heterocycles. The van der Waals surface area contributed by atoms with Crippen LogP contribution in [0.5, 0.6) is 12.0 Å². The minimum absolute atomic E-state index is 0.135. The van der Waals surface area contributed by atoms with Gasteiger partial charge in [-0.2, -0.15) is 9.97 Å². The van der Waals surface area contributed by atoms with Crippen molar-refractivity contribution in [2.75, 3.05) is 26.1 Å². The number of ether oxygens (including phenoxy) is 3. The quantitative estimate of drug-likeness (QED) is 0.675. The number of aromatic nitrogens is 3. The number of rotatable bonds is 7. The standard InChI is InChI=1S/C11H18N4O6S/c1-6(2)7(8(16)19-3)22(17,18)15-9-12-10(20-4)14-11(13-9)21-5/h6-7H,1-5H3,(H,12,13,14,15). The number of nitrogens with zero attached hydrogens (tertiary/aromatic N) is 3. The third kappa shape index (κ3) is 4.16. The van der Waals surface area contributed by atoms with Crippen molar-refractivity contribution in [2.45, 2.75) is 19.1 Å². The van der Waals surface area contributed by atoms with Crippen LogP contribution in [0.3, 0.4) is 0 Å². The number of esters is 1. The van der Waals surface area contributed by atoms with Gasteiger partial charge in [0.25, 0.3) is 0 Å². The molecule has 0 saturated heterocycles. The highest BCUT2D eigenvalue weighted by atomic mass is 32.2. The van der Waals surface area contributed by atoms with Crippen molar-refractivity contribution in [1.82, 2.24) is 15.0 Å². The number of hydrogen-bond acceptors (Lipinski definition) is 9. The van der Waals surface area contributed by atoms with Crippen LogP contribution in [0.2, 0.25) is 0 Å². The normalized spacial score (nSPS) is 12.6. The fourth-order valence-corrected chi connectivity index (χ4v) is 3.17. The Labute approximate surface area is 128 Å². The molecule has 11 heteroatoms. The van der Waals surface area contributed by atoms with E-state index in [2.05, 4.69) is 24.4 Å². The van der Waals surface area contributed by atoms with Crippen LogP contribution in [0.1, 0.15) is 13.8 Å². The molecule has 22 heavy (non-hydrogen) atoms. The van der Waals surface area contributed by atoms with Crippen LogP contribution in [0.15, 0.2) is 0 Å². The Kier molecular flexibility index (Phi) is 5.85. The number of methoxy groups -OCH3 is 3. The van der Waals surface area contributed by atoms with E-state index in [1.54, 1.807) is 13.8 Å². The Bertz CT molecular complexity index is 611. The van der Waals surface area contributed by atoms with Gasteiger partial charge in [0.05, 0.1) is 21.3 Å². The predicted molar refractivity (Wildman–Crippen MR) is 76.1 cm³/mol. The van der Waals surface area contributed by atoms with Crippen LogP contribution in [-0.2, 0) is 19.6 Å². The summed E-state index contributed by atoms with van der Waals surface area (Å²) in [5.41, 5.74) is 0. The third-order valence-electron chi connectivity index (χ3n) is 2.57. The van der Waals surface area contributed by atoms with Gasteiger partial charge in [0.1, 0.15) is 0 Å². The first kappa shape index (κ1) is 17.9. The van der Waals surface area contributed by atoms with E-state index in [1.165, 1.54) is 14.2 Å². The number of nitrogens with one attached hydrogen (secondary N) is 1. The molecular weight excluding hydrogens is 316 g/mol. The van der Waals surface area contributed by atoms with Crippen LogP contribution in [-0.4, -0.2) is 55.9 Å². The molecule has 0 radical (unpaired) electrons. The number of carbonyl (C=O) groups excluding carboxylic acids is 1. The van der Waals surface area contributed by atoms with Gasteiger partial charge in [-0.05, 0) is 5.92 Å². The number of sulfonamides is 1. The summed E-state index contributed by atoms with van der Waals surface area (Å²) in [5, 5.41) is -1.41. The smallest absolute Gasteiger partial charge is 0.326 e. The Balaban J connectivity index is 3.17. The maximum Gasteiger partial charge on any atom is 0.326 e. The maximum atomic E-state index is 12.3. The molecule has 0 saturated carbocycles. The van der Waals surface area contributed by atoms with Crippen molar-refractivity contribution >= 4 is 21.9 Å². The van der Waals surface area contributed by atoms with E-state index in [4.69, 9.17) is 9.47 Å². The molecule has 0 bridgehead atoms. The molecule has 0 aliphatic rings. The van der Waals surface area contributed by atoms with E-state index in [0.717, 1.165) is 7.11 Å². The Morgan fingerprint density at radius 3 is 1.91 bits per heavy atom.